The largest absolute Gasteiger partial charge is 0.507 e. The number of phenolic OH excluding ortho intramolecular Hbond substituents is 1. The molecule has 3 N–H and O–H groups in total. The number of aromatic hydroxyl groups is 1. The van der Waals surface area contributed by atoms with Crippen molar-refractivity contribution in [2.75, 3.05) is 5.32 Å². The van der Waals surface area contributed by atoms with Gasteiger partial charge in [0.15, 0.2) is 16.5 Å². The van der Waals surface area contributed by atoms with Crippen LogP contribution < -0.4 is 10.6 Å². The third-order valence-electron chi connectivity index (χ3n) is 5.86. The number of oxazole rings is 1. The van der Waals surface area contributed by atoms with E-state index in [1.54, 1.807) is 30.3 Å². The molecule has 9 heteroatoms. The van der Waals surface area contributed by atoms with E-state index in [1.165, 1.54) is 6.07 Å². The molecule has 2 heterocycles. The molecule has 0 saturated carbocycles. The molecule has 0 atom stereocenters. The maximum atomic E-state index is 12.7. The van der Waals surface area contributed by atoms with E-state index in [9.17, 15) is 9.90 Å². The molecule has 3 aromatic carbocycles. The lowest BCUT2D eigenvalue weighted by Gasteiger charge is -2.10. The number of benzene rings is 3. The van der Waals surface area contributed by atoms with Gasteiger partial charge in [0.05, 0.1) is 5.56 Å². The standard InChI is InChI=1S/C28H22ClN3O4S/c1-3-16-5-9-24-21(12-16)31-27(36-24)19-14-18(7-8-22(19)33)30-28(37)32-26(34)25-11-10-23(35-25)17-6-4-15(2)20(29)13-17/h4-14,33H,3H2,1-2H3,(H2,30,32,34,37). The highest BCUT2D eigenvalue weighted by Gasteiger charge is 2.17. The van der Waals surface area contributed by atoms with Crippen LogP contribution in [0, 0.1) is 6.92 Å². The van der Waals surface area contributed by atoms with Crippen LogP contribution in [0.25, 0.3) is 33.9 Å². The molecule has 0 radical (unpaired) electrons. The lowest BCUT2D eigenvalue weighted by Crippen LogP contribution is -2.33. The topological polar surface area (TPSA) is 101 Å². The fourth-order valence-electron chi connectivity index (χ4n) is 3.78. The molecule has 2 aromatic heterocycles. The van der Waals surface area contributed by atoms with Gasteiger partial charge in [-0.25, -0.2) is 4.98 Å². The zero-order valence-electron chi connectivity index (χ0n) is 20.0. The molecule has 186 valence electrons. The number of aryl methyl sites for hydroxylation is 2. The summed E-state index contributed by atoms with van der Waals surface area (Å²) in [6, 6.07) is 19.4. The minimum atomic E-state index is -0.508. The molecule has 5 aromatic rings. The van der Waals surface area contributed by atoms with E-state index in [-0.39, 0.29) is 22.5 Å². The van der Waals surface area contributed by atoms with Gasteiger partial charge in [-0.05, 0) is 85.2 Å². The van der Waals surface area contributed by atoms with Gasteiger partial charge >= 0.3 is 0 Å². The van der Waals surface area contributed by atoms with Gasteiger partial charge in [0.2, 0.25) is 5.89 Å². The fourth-order valence-corrected chi connectivity index (χ4v) is 4.17. The molecule has 1 amide bonds. The van der Waals surface area contributed by atoms with E-state index in [1.807, 2.05) is 37.3 Å². The number of amides is 1. The number of aromatic nitrogens is 1. The molecule has 0 bridgehead atoms. The van der Waals surface area contributed by atoms with Crippen LogP contribution >= 0.6 is 23.8 Å². The predicted octanol–water partition coefficient (Wildman–Crippen LogP) is 7.11. The predicted molar refractivity (Wildman–Crippen MR) is 148 cm³/mol. The number of fused-ring (bicyclic) bond motifs is 1. The summed E-state index contributed by atoms with van der Waals surface area (Å²) in [7, 11) is 0. The molecular weight excluding hydrogens is 510 g/mol. The zero-order chi connectivity index (χ0) is 26.1. The van der Waals surface area contributed by atoms with Gasteiger partial charge in [0.1, 0.15) is 17.0 Å². The molecule has 0 spiro atoms. The van der Waals surface area contributed by atoms with Crippen molar-refractivity contribution in [1.29, 1.82) is 0 Å². The Morgan fingerprint density at radius 2 is 1.89 bits per heavy atom. The molecule has 0 saturated heterocycles. The van der Waals surface area contributed by atoms with Crippen LogP contribution in [0.1, 0.15) is 28.6 Å². The number of phenols is 1. The van der Waals surface area contributed by atoms with Gasteiger partial charge in [-0.15, -0.1) is 0 Å². The number of hydrogen-bond acceptors (Lipinski definition) is 6. The minimum Gasteiger partial charge on any atom is -0.507 e. The SMILES string of the molecule is CCc1ccc2oc(-c3cc(NC(=S)NC(=O)c4ccc(-c5ccc(C)c(Cl)c5)o4)ccc3O)nc2c1. The smallest absolute Gasteiger partial charge is 0.293 e. The molecule has 5 rings (SSSR count). The Kier molecular flexibility index (Phi) is 6.69. The van der Waals surface area contributed by atoms with Crippen LogP contribution in [-0.4, -0.2) is 21.1 Å². The number of hydrogen-bond donors (Lipinski definition) is 3. The number of rotatable bonds is 5. The highest BCUT2D eigenvalue weighted by Crippen LogP contribution is 2.33. The number of anilines is 1. The van der Waals surface area contributed by atoms with E-state index in [0.29, 0.717) is 33.1 Å². The minimum absolute atomic E-state index is 0.00194. The summed E-state index contributed by atoms with van der Waals surface area (Å²) < 4.78 is 11.6. The normalized spacial score (nSPS) is 11.0. The molecule has 0 unspecified atom stereocenters. The second-order valence-corrected chi connectivity index (χ2v) is 9.26. The second-order valence-electron chi connectivity index (χ2n) is 8.44. The highest BCUT2D eigenvalue weighted by molar-refractivity contribution is 7.80. The Balaban J connectivity index is 1.29. The zero-order valence-corrected chi connectivity index (χ0v) is 21.5. The van der Waals surface area contributed by atoms with Crippen LogP contribution in [0.2, 0.25) is 5.02 Å². The first kappa shape index (κ1) is 24.5. The first-order valence-corrected chi connectivity index (χ1v) is 12.3. The summed E-state index contributed by atoms with van der Waals surface area (Å²) in [6.45, 7) is 3.98. The Morgan fingerprint density at radius 1 is 1.05 bits per heavy atom. The number of nitrogens with one attached hydrogen (secondary N) is 2. The van der Waals surface area contributed by atoms with Crippen molar-refractivity contribution in [1.82, 2.24) is 10.3 Å². The van der Waals surface area contributed by atoms with Crippen molar-refractivity contribution in [2.45, 2.75) is 20.3 Å². The lowest BCUT2D eigenvalue weighted by molar-refractivity contribution is 0.0951. The Hall–Kier alpha value is -4.14. The summed E-state index contributed by atoms with van der Waals surface area (Å²) >= 11 is 11.5. The number of furan rings is 1. The fraction of sp³-hybridized carbons (Fsp3) is 0.107. The van der Waals surface area contributed by atoms with Gasteiger partial charge in [0, 0.05) is 16.3 Å². The van der Waals surface area contributed by atoms with Crippen LogP contribution in [-0.2, 0) is 6.42 Å². The Labute approximate surface area is 223 Å². The van der Waals surface area contributed by atoms with Crippen molar-refractivity contribution in [2.24, 2.45) is 0 Å². The number of carbonyl (C=O) groups excluding carboxylic acids is 1. The molecule has 0 aliphatic carbocycles. The lowest BCUT2D eigenvalue weighted by atomic mass is 10.1. The van der Waals surface area contributed by atoms with Crippen molar-refractivity contribution in [3.8, 4) is 28.5 Å². The van der Waals surface area contributed by atoms with Crippen molar-refractivity contribution >= 4 is 51.6 Å². The molecule has 0 aliphatic heterocycles. The first-order chi connectivity index (χ1) is 17.8. The number of halogens is 1. The number of thiocarbonyl (C=S) groups is 1. The third-order valence-corrected chi connectivity index (χ3v) is 6.47. The summed E-state index contributed by atoms with van der Waals surface area (Å²) in [4.78, 5) is 17.2. The summed E-state index contributed by atoms with van der Waals surface area (Å²) in [5, 5.41) is 16.6. The van der Waals surface area contributed by atoms with E-state index < -0.39 is 5.91 Å². The van der Waals surface area contributed by atoms with Gasteiger partial charge in [0.25, 0.3) is 5.91 Å². The highest BCUT2D eigenvalue weighted by atomic mass is 35.5. The first-order valence-electron chi connectivity index (χ1n) is 11.5. The van der Waals surface area contributed by atoms with E-state index in [4.69, 9.17) is 32.7 Å². The summed E-state index contributed by atoms with van der Waals surface area (Å²) in [5.74, 6) is 0.381. The molecule has 37 heavy (non-hydrogen) atoms. The monoisotopic (exact) mass is 531 g/mol. The van der Waals surface area contributed by atoms with Crippen molar-refractivity contribution in [3.63, 3.8) is 0 Å². The second kappa shape index (κ2) is 10.1. The Morgan fingerprint density at radius 3 is 2.68 bits per heavy atom. The number of carbonyl (C=O) groups is 1. The van der Waals surface area contributed by atoms with Crippen LogP contribution in [0.5, 0.6) is 5.75 Å². The van der Waals surface area contributed by atoms with Crippen LogP contribution in [0.3, 0.4) is 0 Å². The van der Waals surface area contributed by atoms with E-state index in [2.05, 4.69) is 22.5 Å². The average molecular weight is 532 g/mol. The van der Waals surface area contributed by atoms with E-state index >= 15 is 0 Å². The van der Waals surface area contributed by atoms with Crippen LogP contribution in [0.15, 0.2) is 75.6 Å². The maximum absolute atomic E-state index is 12.7. The summed E-state index contributed by atoms with van der Waals surface area (Å²) in [5.41, 5.74) is 5.10. The molecule has 0 aliphatic rings. The third kappa shape index (κ3) is 5.21. The molecule has 0 fully saturated rings. The van der Waals surface area contributed by atoms with Crippen molar-refractivity contribution < 1.29 is 18.7 Å². The summed E-state index contributed by atoms with van der Waals surface area (Å²) in [6.07, 6.45) is 0.881. The van der Waals surface area contributed by atoms with Crippen LogP contribution in [0.4, 0.5) is 5.69 Å². The number of nitrogens with zero attached hydrogens (tertiary/aromatic N) is 1. The quantitative estimate of drug-likeness (QED) is 0.164. The molecule has 7 nitrogen and oxygen atoms in total. The van der Waals surface area contributed by atoms with Crippen molar-refractivity contribution in [3.05, 3.63) is 88.6 Å². The van der Waals surface area contributed by atoms with Gasteiger partial charge < -0.3 is 19.3 Å². The van der Waals surface area contributed by atoms with Gasteiger partial charge in [-0.2, -0.15) is 0 Å². The Bertz CT molecular complexity index is 1660. The average Bonchev–Trinajstić information content (AvgIpc) is 3.54. The van der Waals surface area contributed by atoms with Gasteiger partial charge in [-0.3, -0.25) is 10.1 Å². The van der Waals surface area contributed by atoms with E-state index in [0.717, 1.165) is 23.1 Å². The molecular formula is C28H22ClN3O4S. The maximum Gasteiger partial charge on any atom is 0.293 e. The van der Waals surface area contributed by atoms with Gasteiger partial charge in [-0.1, -0.05) is 36.7 Å².